The summed E-state index contributed by atoms with van der Waals surface area (Å²) in [5.41, 5.74) is 0.576. The average Bonchev–Trinajstić information content (AvgIpc) is 3.31. The maximum Gasteiger partial charge on any atom is 0.410 e. The smallest absolute Gasteiger partial charge is 0.410 e. The first-order chi connectivity index (χ1) is 17.2. The summed E-state index contributed by atoms with van der Waals surface area (Å²) in [6.07, 6.45) is -0.436. The molecular weight excluding hydrogens is 584 g/mol. The van der Waals surface area contributed by atoms with Gasteiger partial charge in [-0.05, 0) is 62.7 Å². The van der Waals surface area contributed by atoms with Gasteiger partial charge in [-0.3, -0.25) is 9.59 Å². The molecule has 1 saturated heterocycles. The van der Waals surface area contributed by atoms with Gasteiger partial charge in [0.25, 0.3) is 5.91 Å². The van der Waals surface area contributed by atoms with Crippen molar-refractivity contribution in [2.45, 2.75) is 42.7 Å². The van der Waals surface area contributed by atoms with Crippen molar-refractivity contribution in [3.63, 3.8) is 0 Å². The Bertz CT molecular complexity index is 1240. The first-order valence-electron chi connectivity index (χ1n) is 11.4. The number of likely N-dealkylation sites (tertiary alicyclic amines) is 1. The number of carbonyl (C=O) groups is 3. The lowest BCUT2D eigenvalue weighted by atomic mass is 10.1. The molecule has 0 aromatic heterocycles. The van der Waals surface area contributed by atoms with Gasteiger partial charge >= 0.3 is 6.09 Å². The van der Waals surface area contributed by atoms with E-state index in [2.05, 4.69) is 10.6 Å². The molecule has 0 bridgehead atoms. The van der Waals surface area contributed by atoms with E-state index in [-0.39, 0.29) is 16.6 Å². The summed E-state index contributed by atoms with van der Waals surface area (Å²) < 4.78 is 3.98. The van der Waals surface area contributed by atoms with Crippen LogP contribution in [0.5, 0.6) is 0 Å². The Balaban J connectivity index is 1.38. The van der Waals surface area contributed by atoms with E-state index in [0.717, 1.165) is 0 Å². The van der Waals surface area contributed by atoms with Crippen LogP contribution in [-0.2, 0) is 9.53 Å². The van der Waals surface area contributed by atoms with Gasteiger partial charge in [0, 0.05) is 34.7 Å². The SMILES string of the molecule is CC(C)(C)OC(=O)N1CC(NC(=O)c2cc(NC(=O)[C@@H]3[C@@H](c4cc(Cl)cc(Cl)c4)C3(Cl)Cl)ccc2Cl)C1. The van der Waals surface area contributed by atoms with Crippen molar-refractivity contribution in [1.82, 2.24) is 10.2 Å². The predicted octanol–water partition coefficient (Wildman–Crippen LogP) is 6.52. The van der Waals surface area contributed by atoms with E-state index in [1.165, 1.54) is 17.0 Å². The molecule has 0 radical (unpaired) electrons. The highest BCUT2D eigenvalue weighted by Crippen LogP contribution is 2.65. The van der Waals surface area contributed by atoms with Crippen molar-refractivity contribution in [2.24, 2.45) is 5.92 Å². The van der Waals surface area contributed by atoms with E-state index in [1.54, 1.807) is 45.0 Å². The van der Waals surface area contributed by atoms with Crippen LogP contribution >= 0.6 is 58.0 Å². The van der Waals surface area contributed by atoms with E-state index < -0.39 is 39.7 Å². The molecular formula is C25H24Cl5N3O4. The zero-order chi connectivity index (χ0) is 27.3. The zero-order valence-electron chi connectivity index (χ0n) is 20.1. The summed E-state index contributed by atoms with van der Waals surface area (Å²) in [5.74, 6) is -2.12. The van der Waals surface area contributed by atoms with Crippen molar-refractivity contribution in [3.05, 3.63) is 62.6 Å². The van der Waals surface area contributed by atoms with Gasteiger partial charge in [0.1, 0.15) is 9.93 Å². The van der Waals surface area contributed by atoms with Gasteiger partial charge in [-0.25, -0.2) is 4.79 Å². The number of nitrogens with zero attached hydrogens (tertiary/aromatic N) is 1. The fourth-order valence-corrected chi connectivity index (χ4v) is 5.70. The standard InChI is InChI=1S/C25H24Cl5N3O4/c1-24(2,3)37-23(36)33-10-16(11-33)32-21(34)17-9-15(4-5-18(17)28)31-22(35)20-19(25(20,29)30)12-6-13(26)8-14(27)7-12/h4-9,16,19-20H,10-11H2,1-3H3,(H,31,35)(H,32,34)/t19-,20+/m1/s1. The minimum absolute atomic E-state index is 0.173. The Hall–Kier alpha value is -1.90. The zero-order valence-corrected chi connectivity index (χ0v) is 23.9. The van der Waals surface area contributed by atoms with Crippen molar-refractivity contribution in [3.8, 4) is 0 Å². The minimum atomic E-state index is -1.34. The third kappa shape index (κ3) is 6.40. The number of carbonyl (C=O) groups excluding carboxylic acids is 3. The summed E-state index contributed by atoms with van der Waals surface area (Å²) >= 11 is 31.3. The first-order valence-corrected chi connectivity index (χ1v) is 13.3. The molecule has 198 valence electrons. The van der Waals surface area contributed by atoms with E-state index in [0.29, 0.717) is 34.4 Å². The summed E-state index contributed by atoms with van der Waals surface area (Å²) in [7, 11) is 0. The molecule has 2 aliphatic rings. The highest BCUT2D eigenvalue weighted by molar-refractivity contribution is 6.53. The van der Waals surface area contributed by atoms with Crippen LogP contribution in [0.4, 0.5) is 10.5 Å². The molecule has 7 nitrogen and oxygen atoms in total. The van der Waals surface area contributed by atoms with Crippen molar-refractivity contribution in [1.29, 1.82) is 0 Å². The Kier molecular flexibility index (Phi) is 7.86. The van der Waals surface area contributed by atoms with Crippen LogP contribution in [0.1, 0.15) is 42.6 Å². The Morgan fingerprint density at radius 1 is 1.00 bits per heavy atom. The van der Waals surface area contributed by atoms with Crippen LogP contribution in [0.15, 0.2) is 36.4 Å². The molecule has 2 aromatic rings. The molecule has 1 saturated carbocycles. The number of amides is 3. The minimum Gasteiger partial charge on any atom is -0.444 e. The van der Waals surface area contributed by atoms with Crippen LogP contribution in [0.2, 0.25) is 15.1 Å². The summed E-state index contributed by atoms with van der Waals surface area (Å²) in [5, 5.41) is 6.62. The molecule has 1 aliphatic carbocycles. The second kappa shape index (κ2) is 10.3. The molecule has 2 N–H and O–H groups in total. The van der Waals surface area contributed by atoms with Gasteiger partial charge in [0.15, 0.2) is 0 Å². The Labute approximate surface area is 239 Å². The molecule has 2 aromatic carbocycles. The third-order valence-corrected chi connectivity index (χ3v) is 7.63. The number of anilines is 1. The monoisotopic (exact) mass is 605 g/mol. The number of nitrogens with one attached hydrogen (secondary N) is 2. The lowest BCUT2D eigenvalue weighted by Crippen LogP contribution is -2.61. The van der Waals surface area contributed by atoms with E-state index >= 15 is 0 Å². The molecule has 12 heteroatoms. The fraction of sp³-hybridized carbons (Fsp3) is 0.400. The second-order valence-corrected chi connectivity index (χ2v) is 12.8. The topological polar surface area (TPSA) is 87.7 Å². The maximum atomic E-state index is 13.0. The molecule has 1 heterocycles. The van der Waals surface area contributed by atoms with Gasteiger partial charge in [0.05, 0.1) is 22.5 Å². The summed E-state index contributed by atoms with van der Waals surface area (Å²) in [6, 6.07) is 9.21. The van der Waals surface area contributed by atoms with Gasteiger partial charge in [-0.1, -0.05) is 34.8 Å². The predicted molar refractivity (Wildman–Crippen MR) is 146 cm³/mol. The van der Waals surface area contributed by atoms with Gasteiger partial charge < -0.3 is 20.3 Å². The lowest BCUT2D eigenvalue weighted by molar-refractivity contribution is -0.117. The molecule has 2 fully saturated rings. The van der Waals surface area contributed by atoms with E-state index in [4.69, 9.17) is 62.7 Å². The van der Waals surface area contributed by atoms with Gasteiger partial charge in [-0.15, -0.1) is 23.2 Å². The van der Waals surface area contributed by atoms with Crippen molar-refractivity contribution in [2.75, 3.05) is 18.4 Å². The molecule has 3 amide bonds. The quantitative estimate of drug-likeness (QED) is 0.379. The first kappa shape index (κ1) is 28.1. The lowest BCUT2D eigenvalue weighted by Gasteiger charge is -2.40. The number of hydrogen-bond acceptors (Lipinski definition) is 4. The molecule has 0 unspecified atom stereocenters. The van der Waals surface area contributed by atoms with Crippen LogP contribution in [0, 0.1) is 5.92 Å². The molecule has 1 aliphatic heterocycles. The number of benzene rings is 2. The van der Waals surface area contributed by atoms with E-state index in [9.17, 15) is 14.4 Å². The van der Waals surface area contributed by atoms with Crippen LogP contribution in [-0.4, -0.2) is 51.9 Å². The number of hydrogen-bond donors (Lipinski definition) is 2. The number of alkyl halides is 2. The van der Waals surface area contributed by atoms with Crippen LogP contribution in [0.25, 0.3) is 0 Å². The van der Waals surface area contributed by atoms with Crippen LogP contribution in [0.3, 0.4) is 0 Å². The maximum absolute atomic E-state index is 13.0. The van der Waals surface area contributed by atoms with Crippen molar-refractivity contribution < 1.29 is 19.1 Å². The number of rotatable bonds is 5. The Morgan fingerprint density at radius 2 is 1.62 bits per heavy atom. The average molecular weight is 608 g/mol. The summed E-state index contributed by atoms with van der Waals surface area (Å²) in [4.78, 5) is 39.5. The van der Waals surface area contributed by atoms with Gasteiger partial charge in [0.2, 0.25) is 5.91 Å². The third-order valence-electron chi connectivity index (χ3n) is 5.93. The molecule has 2 atom stereocenters. The fourth-order valence-electron chi connectivity index (χ4n) is 4.13. The normalized spacial score (nSPS) is 20.6. The van der Waals surface area contributed by atoms with Crippen molar-refractivity contribution >= 4 is 81.6 Å². The highest BCUT2D eigenvalue weighted by Gasteiger charge is 2.67. The summed E-state index contributed by atoms with van der Waals surface area (Å²) in [6.45, 7) is 5.99. The molecule has 0 spiro atoms. The Morgan fingerprint density at radius 3 is 2.22 bits per heavy atom. The highest BCUT2D eigenvalue weighted by atomic mass is 35.5. The molecule has 4 rings (SSSR count). The van der Waals surface area contributed by atoms with Gasteiger partial charge in [-0.2, -0.15) is 0 Å². The largest absolute Gasteiger partial charge is 0.444 e. The number of ether oxygens (including phenoxy) is 1. The second-order valence-electron chi connectivity index (χ2n) is 10.1. The molecule has 37 heavy (non-hydrogen) atoms. The van der Waals surface area contributed by atoms with E-state index in [1.807, 2.05) is 0 Å². The van der Waals surface area contributed by atoms with Crippen LogP contribution < -0.4 is 10.6 Å². The number of halogens is 5.